The number of hydrogen-bond acceptors (Lipinski definition) is 12. The molecule has 0 spiro atoms. The number of ether oxygens (including phenoxy) is 6. The van der Waals surface area contributed by atoms with Gasteiger partial charge in [-0.25, -0.2) is 19.6 Å². The Morgan fingerprint density at radius 1 is 0.875 bits per heavy atom. The van der Waals surface area contributed by atoms with Crippen LogP contribution in [0.5, 0.6) is 17.4 Å². The molecule has 2 aromatic heterocycles. The highest BCUT2D eigenvalue weighted by molar-refractivity contribution is 5.90. The van der Waals surface area contributed by atoms with E-state index in [-0.39, 0.29) is 23.6 Å². The van der Waals surface area contributed by atoms with Crippen LogP contribution in [0.4, 0.5) is 0 Å². The van der Waals surface area contributed by atoms with Crippen molar-refractivity contribution in [2.24, 2.45) is 0 Å². The highest BCUT2D eigenvalue weighted by atomic mass is 16.6. The van der Waals surface area contributed by atoms with Crippen molar-refractivity contribution in [3.05, 3.63) is 72.3 Å². The number of nitrogens with zero attached hydrogens (tertiary/aromatic N) is 4. The molecule has 5 rings (SSSR count). The number of aromatic nitrogens is 4. The van der Waals surface area contributed by atoms with Crippen LogP contribution in [0.3, 0.4) is 0 Å². The molecule has 0 bridgehead atoms. The zero-order chi connectivity index (χ0) is 28.2. The van der Waals surface area contributed by atoms with Crippen LogP contribution in [0.1, 0.15) is 26.9 Å². The van der Waals surface area contributed by atoms with Gasteiger partial charge in [0.25, 0.3) is 0 Å². The number of fused-ring (bicyclic) bond motifs is 1. The van der Waals surface area contributed by atoms with E-state index in [1.165, 1.54) is 50.7 Å². The summed E-state index contributed by atoms with van der Waals surface area (Å²) < 4.78 is 34.2. The molecule has 1 aliphatic heterocycles. The maximum absolute atomic E-state index is 13.0. The van der Waals surface area contributed by atoms with E-state index in [1.807, 2.05) is 0 Å². The smallest absolute Gasteiger partial charge is 0.338 e. The van der Waals surface area contributed by atoms with Crippen molar-refractivity contribution in [3.63, 3.8) is 0 Å². The number of rotatable bonds is 9. The van der Waals surface area contributed by atoms with Gasteiger partial charge in [-0.2, -0.15) is 4.98 Å². The number of esters is 2. The summed E-state index contributed by atoms with van der Waals surface area (Å²) in [5.74, 6) is 0.0606. The van der Waals surface area contributed by atoms with E-state index in [4.69, 9.17) is 28.4 Å². The van der Waals surface area contributed by atoms with Gasteiger partial charge in [0.2, 0.25) is 5.88 Å². The fraction of sp³-hybridized carbons (Fsp3) is 0.296. The second kappa shape index (κ2) is 11.6. The van der Waals surface area contributed by atoms with Gasteiger partial charge in [0.15, 0.2) is 23.5 Å². The molecule has 3 heterocycles. The Hall–Kier alpha value is -4.75. The number of methoxy groups -OCH3 is 3. The molecule has 0 aliphatic carbocycles. The first kappa shape index (κ1) is 26.8. The molecular weight excluding hydrogens is 524 g/mol. The third-order valence-corrected chi connectivity index (χ3v) is 6.38. The molecule has 2 aromatic carbocycles. The maximum Gasteiger partial charge on any atom is 0.338 e. The van der Waals surface area contributed by atoms with Gasteiger partial charge < -0.3 is 33.5 Å². The molecule has 13 nitrogen and oxygen atoms in total. The van der Waals surface area contributed by atoms with Crippen LogP contribution in [-0.4, -0.2) is 82.8 Å². The zero-order valence-corrected chi connectivity index (χ0v) is 21.8. The van der Waals surface area contributed by atoms with E-state index in [1.54, 1.807) is 36.4 Å². The summed E-state index contributed by atoms with van der Waals surface area (Å²) in [6.45, 7) is -0.315. The number of imidazole rings is 1. The van der Waals surface area contributed by atoms with Gasteiger partial charge in [0.1, 0.15) is 36.6 Å². The van der Waals surface area contributed by atoms with Crippen molar-refractivity contribution in [1.82, 2.24) is 19.5 Å². The van der Waals surface area contributed by atoms with E-state index >= 15 is 0 Å². The van der Waals surface area contributed by atoms with Crippen LogP contribution in [0.2, 0.25) is 0 Å². The topological polar surface area (TPSA) is 153 Å². The monoisotopic (exact) mass is 550 g/mol. The molecular formula is C27H26N4O9. The average molecular weight is 551 g/mol. The zero-order valence-electron chi connectivity index (χ0n) is 21.8. The molecule has 208 valence electrons. The molecule has 0 radical (unpaired) electrons. The minimum atomic E-state index is -1.36. The van der Waals surface area contributed by atoms with E-state index in [9.17, 15) is 14.7 Å². The van der Waals surface area contributed by atoms with Crippen LogP contribution >= 0.6 is 0 Å². The Balaban J connectivity index is 1.39. The van der Waals surface area contributed by atoms with E-state index in [0.717, 1.165) is 0 Å². The summed E-state index contributed by atoms with van der Waals surface area (Å²) in [5, 5.41) is 11.2. The number of hydrogen-bond donors (Lipinski definition) is 1. The first-order valence-electron chi connectivity index (χ1n) is 12.1. The molecule has 0 unspecified atom stereocenters. The van der Waals surface area contributed by atoms with Crippen molar-refractivity contribution in [3.8, 4) is 17.4 Å². The Kier molecular flexibility index (Phi) is 7.75. The lowest BCUT2D eigenvalue weighted by Crippen LogP contribution is -2.37. The van der Waals surface area contributed by atoms with Crippen molar-refractivity contribution >= 4 is 23.1 Å². The van der Waals surface area contributed by atoms with Crippen molar-refractivity contribution in [2.45, 2.75) is 24.5 Å². The molecule has 4 aromatic rings. The second-order valence-electron chi connectivity index (χ2n) is 8.69. The molecule has 40 heavy (non-hydrogen) atoms. The quantitative estimate of drug-likeness (QED) is 0.304. The molecule has 0 saturated carbocycles. The number of aliphatic hydroxyl groups is 1. The van der Waals surface area contributed by atoms with Gasteiger partial charge in [-0.3, -0.25) is 4.57 Å². The lowest BCUT2D eigenvalue weighted by molar-refractivity contribution is -0.0601. The summed E-state index contributed by atoms with van der Waals surface area (Å²) in [6, 6.07) is 12.7. The summed E-state index contributed by atoms with van der Waals surface area (Å²) in [4.78, 5) is 38.3. The number of aliphatic hydroxyl groups excluding tert-OH is 1. The van der Waals surface area contributed by atoms with Gasteiger partial charge in [0, 0.05) is 0 Å². The van der Waals surface area contributed by atoms with Gasteiger partial charge in [-0.15, -0.1) is 0 Å². The largest absolute Gasteiger partial charge is 0.497 e. The Labute approximate surface area is 228 Å². The van der Waals surface area contributed by atoms with E-state index in [2.05, 4.69) is 15.0 Å². The van der Waals surface area contributed by atoms with Crippen LogP contribution in [0.15, 0.2) is 61.2 Å². The highest BCUT2D eigenvalue weighted by Gasteiger charge is 2.48. The predicted molar refractivity (Wildman–Crippen MR) is 137 cm³/mol. The maximum atomic E-state index is 13.0. The Morgan fingerprint density at radius 3 is 2.10 bits per heavy atom. The minimum absolute atomic E-state index is 0.235. The fourth-order valence-corrected chi connectivity index (χ4v) is 4.26. The van der Waals surface area contributed by atoms with Crippen LogP contribution in [-0.2, 0) is 14.2 Å². The van der Waals surface area contributed by atoms with Crippen LogP contribution in [0.25, 0.3) is 11.2 Å². The van der Waals surface area contributed by atoms with Gasteiger partial charge in [-0.05, 0) is 48.5 Å². The van der Waals surface area contributed by atoms with Crippen molar-refractivity contribution in [2.75, 3.05) is 27.9 Å². The standard InChI is InChI=1S/C27H26N4O9/c1-35-17-8-4-15(5-9-17)26(33)38-12-19-21(32)22(40-27(34)16-6-10-18(36-2)11-7-16)25(39-19)31-14-30-20-23(31)28-13-29-24(20)37-3/h4-11,13-14,19,21-22,25,32H,12H2,1-3H3/t19-,21-,22+,25-/m1/s1. The lowest BCUT2D eigenvalue weighted by Gasteiger charge is -2.22. The molecule has 1 aliphatic rings. The number of benzene rings is 2. The molecule has 4 atom stereocenters. The highest BCUT2D eigenvalue weighted by Crippen LogP contribution is 2.35. The van der Waals surface area contributed by atoms with E-state index in [0.29, 0.717) is 22.7 Å². The molecule has 1 fully saturated rings. The summed E-state index contributed by atoms with van der Waals surface area (Å²) in [6.07, 6.45) is -1.97. The fourth-order valence-electron chi connectivity index (χ4n) is 4.26. The molecule has 1 N–H and O–H groups in total. The van der Waals surface area contributed by atoms with Crippen LogP contribution < -0.4 is 14.2 Å². The SMILES string of the molecule is COc1ccc(C(=O)OC[C@H]2O[C@@H](n3cnc4c(OC)ncnc43)[C@@H](OC(=O)c3ccc(OC)cc3)[C@@H]2O)cc1. The molecule has 13 heteroatoms. The van der Waals surface area contributed by atoms with Gasteiger partial charge in [0.05, 0.1) is 38.8 Å². The van der Waals surface area contributed by atoms with E-state index < -0.39 is 36.5 Å². The first-order chi connectivity index (χ1) is 19.4. The predicted octanol–water partition coefficient (Wildman–Crippen LogP) is 2.19. The third-order valence-electron chi connectivity index (χ3n) is 6.38. The molecule has 1 saturated heterocycles. The summed E-state index contributed by atoms with van der Waals surface area (Å²) >= 11 is 0. The van der Waals surface area contributed by atoms with Crippen molar-refractivity contribution in [1.29, 1.82) is 0 Å². The minimum Gasteiger partial charge on any atom is -0.497 e. The van der Waals surface area contributed by atoms with Crippen molar-refractivity contribution < 1.29 is 43.1 Å². The van der Waals surface area contributed by atoms with Crippen LogP contribution in [0, 0.1) is 0 Å². The Morgan fingerprint density at radius 2 is 1.50 bits per heavy atom. The number of carbonyl (C=O) groups is 2. The average Bonchev–Trinajstić information content (AvgIpc) is 3.56. The second-order valence-corrected chi connectivity index (χ2v) is 8.69. The molecule has 0 amide bonds. The normalized spacial score (nSPS) is 20.2. The summed E-state index contributed by atoms with van der Waals surface area (Å²) in [5.41, 5.74) is 1.19. The first-order valence-corrected chi connectivity index (χ1v) is 12.1. The lowest BCUT2D eigenvalue weighted by atomic mass is 10.1. The Bertz CT molecular complexity index is 1490. The summed E-state index contributed by atoms with van der Waals surface area (Å²) in [7, 11) is 4.48. The van der Waals surface area contributed by atoms with Gasteiger partial charge >= 0.3 is 11.9 Å². The van der Waals surface area contributed by atoms with Gasteiger partial charge in [-0.1, -0.05) is 0 Å². The number of carbonyl (C=O) groups excluding carboxylic acids is 2. The third kappa shape index (κ3) is 5.24.